The number of amides is 4. The molecule has 26 heavy (non-hydrogen) atoms. The number of hydrogen-bond acceptors (Lipinski definition) is 6. The molecule has 1 aromatic heterocycles. The molecule has 2 saturated heterocycles. The van der Waals surface area contributed by atoms with Gasteiger partial charge in [-0.3, -0.25) is 19.2 Å². The van der Waals surface area contributed by atoms with Crippen LogP contribution in [0.5, 0.6) is 0 Å². The van der Waals surface area contributed by atoms with Gasteiger partial charge in [-0.1, -0.05) is 0 Å². The molecule has 0 aliphatic carbocycles. The van der Waals surface area contributed by atoms with Crippen molar-refractivity contribution >= 4 is 35.0 Å². The Bertz CT molecular complexity index is 708. The van der Waals surface area contributed by atoms with Gasteiger partial charge in [-0.15, -0.1) is 11.3 Å². The highest BCUT2D eigenvalue weighted by atomic mass is 32.1. The first kappa shape index (κ1) is 18.3. The van der Waals surface area contributed by atoms with Crippen LogP contribution in [0.1, 0.15) is 31.4 Å². The van der Waals surface area contributed by atoms with Crippen LogP contribution in [-0.4, -0.2) is 58.2 Å². The van der Waals surface area contributed by atoms with Crippen molar-refractivity contribution in [2.75, 3.05) is 6.54 Å². The van der Waals surface area contributed by atoms with E-state index in [0.29, 0.717) is 37.9 Å². The van der Waals surface area contributed by atoms with Gasteiger partial charge in [-0.25, -0.2) is 4.98 Å². The SMILES string of the molecule is NC(=O)[C@@H]1CCCN1C(=O)C(Cc1cscn1)NC(=O)[C@@H]1CCC(=O)N1. The largest absolute Gasteiger partial charge is 0.368 e. The fourth-order valence-electron chi connectivity index (χ4n) is 3.36. The van der Waals surface area contributed by atoms with Crippen molar-refractivity contribution < 1.29 is 19.2 Å². The van der Waals surface area contributed by atoms with E-state index >= 15 is 0 Å². The van der Waals surface area contributed by atoms with Crippen molar-refractivity contribution in [2.24, 2.45) is 5.73 Å². The number of carbonyl (C=O) groups is 4. The molecule has 2 aliphatic rings. The zero-order valence-electron chi connectivity index (χ0n) is 14.1. The number of rotatable bonds is 6. The van der Waals surface area contributed by atoms with Crippen molar-refractivity contribution in [2.45, 2.75) is 50.2 Å². The van der Waals surface area contributed by atoms with Crippen molar-refractivity contribution in [3.8, 4) is 0 Å². The molecule has 1 unspecified atom stereocenters. The van der Waals surface area contributed by atoms with Gasteiger partial charge in [0.25, 0.3) is 0 Å². The quantitative estimate of drug-likeness (QED) is 0.578. The van der Waals surface area contributed by atoms with Crippen LogP contribution in [0.3, 0.4) is 0 Å². The summed E-state index contributed by atoms with van der Waals surface area (Å²) in [5.41, 5.74) is 7.73. The van der Waals surface area contributed by atoms with Crippen molar-refractivity contribution in [1.29, 1.82) is 0 Å². The molecular weight excluding hydrogens is 358 g/mol. The predicted molar refractivity (Wildman–Crippen MR) is 92.8 cm³/mol. The summed E-state index contributed by atoms with van der Waals surface area (Å²) >= 11 is 1.40. The molecule has 3 atom stereocenters. The standard InChI is InChI=1S/C16H21N5O4S/c17-14(23)12-2-1-5-21(12)16(25)11(6-9-7-26-8-18-9)20-15(24)10-3-4-13(22)19-10/h7-8,10-12H,1-6H2,(H2,17,23)(H,19,22)(H,20,24)/t10-,11?,12-/m0/s1. The van der Waals surface area contributed by atoms with Crippen LogP contribution in [0.2, 0.25) is 0 Å². The van der Waals surface area contributed by atoms with Gasteiger partial charge in [0.15, 0.2) is 0 Å². The number of nitrogens with two attached hydrogens (primary N) is 1. The monoisotopic (exact) mass is 379 g/mol. The number of thiazole rings is 1. The van der Waals surface area contributed by atoms with Crippen molar-refractivity contribution in [3.63, 3.8) is 0 Å². The van der Waals surface area contributed by atoms with Crippen LogP contribution in [0.15, 0.2) is 10.9 Å². The van der Waals surface area contributed by atoms with Crippen LogP contribution < -0.4 is 16.4 Å². The minimum Gasteiger partial charge on any atom is -0.368 e. The molecule has 140 valence electrons. The van der Waals surface area contributed by atoms with Gasteiger partial charge in [-0.2, -0.15) is 0 Å². The van der Waals surface area contributed by atoms with Gasteiger partial charge in [0, 0.05) is 24.8 Å². The summed E-state index contributed by atoms with van der Waals surface area (Å²) in [7, 11) is 0. The molecule has 4 N–H and O–H groups in total. The summed E-state index contributed by atoms with van der Waals surface area (Å²) in [6, 6.07) is -2.15. The number of aromatic nitrogens is 1. The Labute approximate surface area is 154 Å². The van der Waals surface area contributed by atoms with Gasteiger partial charge in [-0.05, 0) is 19.3 Å². The van der Waals surface area contributed by atoms with E-state index in [0.717, 1.165) is 0 Å². The maximum Gasteiger partial charge on any atom is 0.246 e. The molecule has 2 aliphatic heterocycles. The number of nitrogens with one attached hydrogen (secondary N) is 2. The fraction of sp³-hybridized carbons (Fsp3) is 0.562. The highest BCUT2D eigenvalue weighted by molar-refractivity contribution is 7.07. The molecule has 9 nitrogen and oxygen atoms in total. The zero-order chi connectivity index (χ0) is 18.7. The molecule has 3 heterocycles. The third-order valence-electron chi connectivity index (χ3n) is 4.69. The molecule has 3 rings (SSSR count). The summed E-state index contributed by atoms with van der Waals surface area (Å²) in [5, 5.41) is 7.12. The molecule has 0 radical (unpaired) electrons. The predicted octanol–water partition coefficient (Wildman–Crippen LogP) is -1.07. The van der Waals surface area contributed by atoms with Gasteiger partial charge in [0.2, 0.25) is 23.6 Å². The van der Waals surface area contributed by atoms with E-state index in [4.69, 9.17) is 5.73 Å². The number of nitrogens with zero attached hydrogens (tertiary/aromatic N) is 2. The van der Waals surface area contributed by atoms with E-state index < -0.39 is 29.9 Å². The number of carbonyl (C=O) groups excluding carboxylic acids is 4. The van der Waals surface area contributed by atoms with Gasteiger partial charge in [0.1, 0.15) is 18.1 Å². The van der Waals surface area contributed by atoms with E-state index in [1.165, 1.54) is 16.2 Å². The lowest BCUT2D eigenvalue weighted by Gasteiger charge is -2.28. The second kappa shape index (κ2) is 7.81. The fourth-order valence-corrected chi connectivity index (χ4v) is 3.93. The first-order valence-electron chi connectivity index (χ1n) is 8.52. The smallest absolute Gasteiger partial charge is 0.246 e. The molecule has 1 aromatic rings. The minimum absolute atomic E-state index is 0.180. The van der Waals surface area contributed by atoms with Gasteiger partial charge >= 0.3 is 0 Å². The minimum atomic E-state index is -0.859. The lowest BCUT2D eigenvalue weighted by Crippen LogP contribution is -2.56. The molecule has 0 saturated carbocycles. The number of hydrogen-bond donors (Lipinski definition) is 3. The highest BCUT2D eigenvalue weighted by Gasteiger charge is 2.38. The van der Waals surface area contributed by atoms with Crippen molar-refractivity contribution in [3.05, 3.63) is 16.6 Å². The van der Waals surface area contributed by atoms with Crippen LogP contribution in [0.4, 0.5) is 0 Å². The number of primary amides is 1. The van der Waals surface area contributed by atoms with E-state index in [-0.39, 0.29) is 18.2 Å². The van der Waals surface area contributed by atoms with E-state index in [1.807, 2.05) is 0 Å². The maximum atomic E-state index is 13.0. The van der Waals surface area contributed by atoms with E-state index in [2.05, 4.69) is 15.6 Å². The molecule has 10 heteroatoms. The first-order valence-corrected chi connectivity index (χ1v) is 9.46. The molecular formula is C16H21N5O4S. The summed E-state index contributed by atoms with van der Waals surface area (Å²) in [6.45, 7) is 0.427. The Morgan fingerprint density at radius 2 is 2.23 bits per heavy atom. The average molecular weight is 379 g/mol. The number of likely N-dealkylation sites (tertiary alicyclic amines) is 1. The Hall–Kier alpha value is -2.49. The Kier molecular flexibility index (Phi) is 5.50. The second-order valence-corrected chi connectivity index (χ2v) is 7.21. The lowest BCUT2D eigenvalue weighted by atomic mass is 10.1. The van der Waals surface area contributed by atoms with Crippen LogP contribution >= 0.6 is 11.3 Å². The van der Waals surface area contributed by atoms with Gasteiger partial charge < -0.3 is 21.3 Å². The third-order valence-corrected chi connectivity index (χ3v) is 5.32. The summed E-state index contributed by atoms with van der Waals surface area (Å²) < 4.78 is 0. The molecule has 2 fully saturated rings. The van der Waals surface area contributed by atoms with Crippen LogP contribution in [0, 0.1) is 0 Å². The zero-order valence-corrected chi connectivity index (χ0v) is 15.0. The first-order chi connectivity index (χ1) is 12.5. The third kappa shape index (κ3) is 4.01. The van der Waals surface area contributed by atoms with E-state index in [1.54, 1.807) is 10.9 Å². The van der Waals surface area contributed by atoms with Crippen LogP contribution in [0.25, 0.3) is 0 Å². The Morgan fingerprint density at radius 1 is 1.42 bits per heavy atom. The molecule has 0 aromatic carbocycles. The Balaban J connectivity index is 1.74. The topological polar surface area (TPSA) is 134 Å². The highest BCUT2D eigenvalue weighted by Crippen LogP contribution is 2.19. The average Bonchev–Trinajstić information content (AvgIpc) is 3.34. The second-order valence-electron chi connectivity index (χ2n) is 6.50. The maximum absolute atomic E-state index is 13.0. The summed E-state index contributed by atoms with van der Waals surface area (Å²) in [6.07, 6.45) is 2.12. The molecule has 0 bridgehead atoms. The normalized spacial score (nSPS) is 23.5. The lowest BCUT2D eigenvalue weighted by molar-refractivity contribution is -0.140. The molecule has 4 amide bonds. The summed E-state index contributed by atoms with van der Waals surface area (Å²) in [5.74, 6) is -1.48. The van der Waals surface area contributed by atoms with Crippen LogP contribution in [-0.2, 0) is 25.6 Å². The van der Waals surface area contributed by atoms with Crippen molar-refractivity contribution in [1.82, 2.24) is 20.5 Å². The summed E-state index contributed by atoms with van der Waals surface area (Å²) in [4.78, 5) is 54.0. The van der Waals surface area contributed by atoms with E-state index in [9.17, 15) is 19.2 Å². The Morgan fingerprint density at radius 3 is 2.85 bits per heavy atom. The molecule has 0 spiro atoms. The van der Waals surface area contributed by atoms with Gasteiger partial charge in [0.05, 0.1) is 11.2 Å².